The molecule has 1 heterocycles. The van der Waals surface area contributed by atoms with E-state index < -0.39 is 5.97 Å². The van der Waals surface area contributed by atoms with E-state index in [9.17, 15) is 9.59 Å². The molecule has 1 fully saturated rings. The minimum absolute atomic E-state index is 0.0436. The number of rotatable bonds is 6. The molecule has 1 aromatic heterocycles. The zero-order valence-corrected chi connectivity index (χ0v) is 14.7. The first-order valence-electron chi connectivity index (χ1n) is 8.94. The summed E-state index contributed by atoms with van der Waals surface area (Å²) in [4.78, 5) is 32.9. The van der Waals surface area contributed by atoms with Gasteiger partial charge in [0.15, 0.2) is 12.3 Å². The number of carbonyl (C=O) groups is 2. The Balaban J connectivity index is 1.37. The third-order valence-electron chi connectivity index (χ3n) is 4.56. The molecule has 0 radical (unpaired) electrons. The van der Waals surface area contributed by atoms with Gasteiger partial charge in [-0.3, -0.25) is 9.78 Å². The third-order valence-corrected chi connectivity index (χ3v) is 4.56. The lowest BCUT2D eigenvalue weighted by Gasteiger charge is -2.18. The van der Waals surface area contributed by atoms with E-state index in [0.717, 1.165) is 18.4 Å². The van der Waals surface area contributed by atoms with Crippen LogP contribution in [-0.4, -0.2) is 28.5 Å². The average molecular weight is 361 g/mol. The number of hydrogen-bond donors (Lipinski definition) is 1. The Morgan fingerprint density at radius 3 is 2.48 bits per heavy atom. The van der Waals surface area contributed by atoms with Gasteiger partial charge in [-0.2, -0.15) is 0 Å². The highest BCUT2D eigenvalue weighted by Crippen LogP contribution is 2.40. The zero-order valence-electron chi connectivity index (χ0n) is 14.7. The van der Waals surface area contributed by atoms with Crippen molar-refractivity contribution >= 4 is 22.9 Å². The summed E-state index contributed by atoms with van der Waals surface area (Å²) in [5.74, 6) is -0.539. The van der Waals surface area contributed by atoms with Gasteiger partial charge in [0.1, 0.15) is 0 Å². The van der Waals surface area contributed by atoms with Crippen LogP contribution in [-0.2, 0) is 9.53 Å². The van der Waals surface area contributed by atoms with Gasteiger partial charge >= 0.3 is 5.97 Å². The van der Waals surface area contributed by atoms with Gasteiger partial charge in [-0.25, -0.2) is 9.78 Å². The molecule has 4 rings (SSSR count). The molecule has 1 amide bonds. The minimum atomic E-state index is -0.661. The summed E-state index contributed by atoms with van der Waals surface area (Å²) in [7, 11) is 0. The standard InChI is InChI=1S/C21H19N3O3/c25-19(24-20(15-10-11-15)14-6-2-1-3-7-14)13-27-21(26)18-12-22-16-8-4-5-9-17(16)23-18/h1-9,12,15,20H,10-11,13H2,(H,24,25). The Bertz CT molecular complexity index is 971. The summed E-state index contributed by atoms with van der Waals surface area (Å²) in [5, 5.41) is 2.98. The minimum Gasteiger partial charge on any atom is -0.451 e. The SMILES string of the molecule is O=C(COC(=O)c1cnc2ccccc2n1)NC(c1ccccc1)C1CC1. The van der Waals surface area contributed by atoms with E-state index in [4.69, 9.17) is 4.74 Å². The highest BCUT2D eigenvalue weighted by molar-refractivity contribution is 5.91. The van der Waals surface area contributed by atoms with E-state index in [1.165, 1.54) is 6.20 Å². The molecule has 136 valence electrons. The molecular formula is C21H19N3O3. The molecule has 1 aliphatic rings. The molecule has 6 nitrogen and oxygen atoms in total. The molecule has 0 spiro atoms. The van der Waals surface area contributed by atoms with Crippen molar-refractivity contribution < 1.29 is 14.3 Å². The molecule has 6 heteroatoms. The number of carbonyl (C=O) groups excluding carboxylic acids is 2. The highest BCUT2D eigenvalue weighted by atomic mass is 16.5. The van der Waals surface area contributed by atoms with E-state index in [2.05, 4.69) is 15.3 Å². The number of nitrogens with zero attached hydrogens (tertiary/aromatic N) is 2. The molecule has 2 aromatic carbocycles. The third kappa shape index (κ3) is 4.11. The number of fused-ring (bicyclic) bond motifs is 1. The van der Waals surface area contributed by atoms with Crippen LogP contribution < -0.4 is 5.32 Å². The topological polar surface area (TPSA) is 81.2 Å². The molecule has 1 atom stereocenters. The molecular weight excluding hydrogens is 342 g/mol. The molecule has 1 saturated carbocycles. The molecule has 3 aromatic rings. The molecule has 0 saturated heterocycles. The summed E-state index contributed by atoms with van der Waals surface area (Å²) < 4.78 is 5.12. The molecule has 1 unspecified atom stereocenters. The van der Waals surface area contributed by atoms with Gasteiger partial charge in [0.2, 0.25) is 0 Å². The van der Waals surface area contributed by atoms with Crippen LogP contribution in [0.25, 0.3) is 11.0 Å². The number of ether oxygens (including phenoxy) is 1. The number of aromatic nitrogens is 2. The number of esters is 1. The van der Waals surface area contributed by atoms with Crippen molar-refractivity contribution in [3.8, 4) is 0 Å². The Morgan fingerprint density at radius 2 is 1.74 bits per heavy atom. The van der Waals surface area contributed by atoms with Gasteiger partial charge in [0.05, 0.1) is 23.3 Å². The van der Waals surface area contributed by atoms with Crippen molar-refractivity contribution in [2.45, 2.75) is 18.9 Å². The Hall–Kier alpha value is -3.28. The Kier molecular flexibility index (Phi) is 4.78. The van der Waals surface area contributed by atoms with Crippen LogP contribution in [0, 0.1) is 5.92 Å². The summed E-state index contributed by atoms with van der Waals surface area (Å²) in [6.07, 6.45) is 3.54. The fourth-order valence-corrected chi connectivity index (χ4v) is 3.04. The maximum atomic E-state index is 12.3. The van der Waals surface area contributed by atoms with E-state index in [1.807, 2.05) is 48.5 Å². The maximum absolute atomic E-state index is 12.3. The van der Waals surface area contributed by atoms with Crippen molar-refractivity contribution in [2.24, 2.45) is 5.92 Å². The molecule has 1 N–H and O–H groups in total. The van der Waals surface area contributed by atoms with E-state index in [1.54, 1.807) is 6.07 Å². The smallest absolute Gasteiger partial charge is 0.359 e. The van der Waals surface area contributed by atoms with Crippen LogP contribution in [0.5, 0.6) is 0 Å². The monoisotopic (exact) mass is 361 g/mol. The average Bonchev–Trinajstić information content (AvgIpc) is 3.55. The maximum Gasteiger partial charge on any atom is 0.359 e. The summed E-state index contributed by atoms with van der Waals surface area (Å²) in [6.45, 7) is -0.344. The lowest BCUT2D eigenvalue weighted by Crippen LogP contribution is -2.33. The number of hydrogen-bond acceptors (Lipinski definition) is 5. The fourth-order valence-electron chi connectivity index (χ4n) is 3.04. The van der Waals surface area contributed by atoms with Gasteiger partial charge in [-0.15, -0.1) is 0 Å². The normalized spacial score (nSPS) is 14.5. The molecule has 0 aliphatic heterocycles. The summed E-state index contributed by atoms with van der Waals surface area (Å²) in [6, 6.07) is 17.1. The Morgan fingerprint density at radius 1 is 1.04 bits per heavy atom. The van der Waals surface area contributed by atoms with Crippen LogP contribution >= 0.6 is 0 Å². The second-order valence-electron chi connectivity index (χ2n) is 6.61. The lowest BCUT2D eigenvalue weighted by molar-refractivity contribution is -0.125. The second kappa shape index (κ2) is 7.53. The van der Waals surface area contributed by atoms with Crippen LogP contribution in [0.3, 0.4) is 0 Å². The van der Waals surface area contributed by atoms with Crippen molar-refractivity contribution in [2.75, 3.05) is 6.61 Å². The van der Waals surface area contributed by atoms with Crippen LogP contribution in [0.4, 0.5) is 0 Å². The van der Waals surface area contributed by atoms with Gasteiger partial charge in [-0.1, -0.05) is 42.5 Å². The summed E-state index contributed by atoms with van der Waals surface area (Å²) in [5.41, 5.74) is 2.46. The lowest BCUT2D eigenvalue weighted by atomic mass is 10.0. The van der Waals surface area contributed by atoms with Crippen molar-refractivity contribution in [1.82, 2.24) is 15.3 Å². The zero-order chi connectivity index (χ0) is 18.6. The van der Waals surface area contributed by atoms with Gasteiger partial charge in [-0.05, 0) is 36.5 Å². The predicted octanol–water partition coefficient (Wildman–Crippen LogP) is 3.05. The molecule has 0 bridgehead atoms. The van der Waals surface area contributed by atoms with E-state index >= 15 is 0 Å². The Labute approximate surface area is 156 Å². The number of amides is 1. The van der Waals surface area contributed by atoms with Crippen LogP contribution in [0.15, 0.2) is 60.8 Å². The van der Waals surface area contributed by atoms with Crippen LogP contribution in [0.1, 0.15) is 34.9 Å². The number of para-hydroxylation sites is 2. The summed E-state index contributed by atoms with van der Waals surface area (Å²) >= 11 is 0. The largest absolute Gasteiger partial charge is 0.451 e. The predicted molar refractivity (Wildman–Crippen MR) is 99.9 cm³/mol. The van der Waals surface area contributed by atoms with Crippen molar-refractivity contribution in [3.63, 3.8) is 0 Å². The first-order valence-corrected chi connectivity index (χ1v) is 8.94. The van der Waals surface area contributed by atoms with Crippen molar-refractivity contribution in [3.05, 3.63) is 72.1 Å². The first-order chi connectivity index (χ1) is 13.2. The van der Waals surface area contributed by atoms with Gasteiger partial charge < -0.3 is 10.1 Å². The molecule has 1 aliphatic carbocycles. The van der Waals surface area contributed by atoms with Crippen LogP contribution in [0.2, 0.25) is 0 Å². The fraction of sp³-hybridized carbons (Fsp3) is 0.238. The first kappa shape index (κ1) is 17.1. The second-order valence-corrected chi connectivity index (χ2v) is 6.61. The highest BCUT2D eigenvalue weighted by Gasteiger charge is 2.33. The molecule has 27 heavy (non-hydrogen) atoms. The van der Waals surface area contributed by atoms with E-state index in [-0.39, 0.29) is 24.2 Å². The quantitative estimate of drug-likeness (QED) is 0.683. The van der Waals surface area contributed by atoms with E-state index in [0.29, 0.717) is 17.0 Å². The van der Waals surface area contributed by atoms with Gasteiger partial charge in [0.25, 0.3) is 5.91 Å². The number of nitrogens with one attached hydrogen (secondary N) is 1. The van der Waals surface area contributed by atoms with Crippen molar-refractivity contribution in [1.29, 1.82) is 0 Å². The number of benzene rings is 2. The van der Waals surface area contributed by atoms with Gasteiger partial charge in [0, 0.05) is 0 Å².